The predicted octanol–water partition coefficient (Wildman–Crippen LogP) is 7.55. The summed E-state index contributed by atoms with van der Waals surface area (Å²) in [6.07, 6.45) is 1.06. The number of nitrogens with zero attached hydrogens (tertiary/aromatic N) is 1. The lowest BCUT2D eigenvalue weighted by Gasteiger charge is -2.11. The second kappa shape index (κ2) is 10.0. The van der Waals surface area contributed by atoms with Gasteiger partial charge in [0, 0.05) is 15.7 Å². The standard InChI is InChI=1S/C25H21BrClN3O2S/c1-3-14(2)15-7-10-22-21(12-15)29-24(32-22)16-5-4-6-18(11-16)28-25(33)30-23(31)19-13-17(26)8-9-20(19)27/h4-14H,3H2,1-2H3,(H2,28,30,31,33)/t14-/m1/s1. The number of carbonyl (C=O) groups excluding carboxylic acids is 1. The van der Waals surface area contributed by atoms with Gasteiger partial charge in [0.25, 0.3) is 5.91 Å². The molecule has 8 heteroatoms. The summed E-state index contributed by atoms with van der Waals surface area (Å²) >= 11 is 14.8. The Kier molecular flexibility index (Phi) is 7.12. The van der Waals surface area contributed by atoms with Crippen molar-refractivity contribution >= 4 is 67.6 Å². The van der Waals surface area contributed by atoms with Crippen LogP contribution in [0.15, 0.2) is 69.6 Å². The second-order valence-corrected chi connectivity index (χ2v) is 9.40. The Morgan fingerprint density at radius 2 is 2.00 bits per heavy atom. The van der Waals surface area contributed by atoms with Crippen molar-refractivity contribution < 1.29 is 9.21 Å². The van der Waals surface area contributed by atoms with Gasteiger partial charge in [0.05, 0.1) is 10.6 Å². The van der Waals surface area contributed by atoms with E-state index >= 15 is 0 Å². The predicted molar refractivity (Wildman–Crippen MR) is 141 cm³/mol. The maximum Gasteiger partial charge on any atom is 0.258 e. The van der Waals surface area contributed by atoms with E-state index in [0.717, 1.165) is 27.6 Å². The van der Waals surface area contributed by atoms with E-state index in [-0.39, 0.29) is 5.11 Å². The van der Waals surface area contributed by atoms with Gasteiger partial charge in [0.2, 0.25) is 5.89 Å². The summed E-state index contributed by atoms with van der Waals surface area (Å²) in [5.74, 6) is 0.585. The zero-order chi connectivity index (χ0) is 23.5. The monoisotopic (exact) mass is 541 g/mol. The van der Waals surface area contributed by atoms with Crippen LogP contribution in [0.3, 0.4) is 0 Å². The molecule has 3 aromatic carbocycles. The van der Waals surface area contributed by atoms with Crippen molar-refractivity contribution in [2.24, 2.45) is 0 Å². The second-order valence-electron chi connectivity index (χ2n) is 7.67. The topological polar surface area (TPSA) is 67.2 Å². The largest absolute Gasteiger partial charge is 0.436 e. The molecule has 0 fully saturated rings. The lowest BCUT2D eigenvalue weighted by atomic mass is 9.98. The smallest absolute Gasteiger partial charge is 0.258 e. The molecule has 0 aliphatic heterocycles. The number of carbonyl (C=O) groups is 1. The van der Waals surface area contributed by atoms with Crippen LogP contribution in [-0.2, 0) is 0 Å². The molecule has 0 radical (unpaired) electrons. The Bertz CT molecular complexity index is 1350. The number of amides is 1. The van der Waals surface area contributed by atoms with E-state index in [1.165, 1.54) is 5.56 Å². The van der Waals surface area contributed by atoms with Gasteiger partial charge in [0.1, 0.15) is 5.52 Å². The molecule has 168 valence electrons. The first-order chi connectivity index (χ1) is 15.8. The number of hydrogen-bond acceptors (Lipinski definition) is 4. The third-order valence-corrected chi connectivity index (χ3v) is 6.39. The van der Waals surface area contributed by atoms with Gasteiger partial charge in [-0.25, -0.2) is 4.98 Å². The van der Waals surface area contributed by atoms with E-state index in [2.05, 4.69) is 57.5 Å². The van der Waals surface area contributed by atoms with E-state index in [0.29, 0.717) is 28.1 Å². The highest BCUT2D eigenvalue weighted by atomic mass is 79.9. The lowest BCUT2D eigenvalue weighted by molar-refractivity contribution is 0.0978. The Hall–Kier alpha value is -2.74. The third kappa shape index (κ3) is 5.43. The van der Waals surface area contributed by atoms with Gasteiger partial charge in [0.15, 0.2) is 10.7 Å². The molecule has 1 aromatic heterocycles. The molecule has 0 bridgehead atoms. The van der Waals surface area contributed by atoms with Crippen molar-refractivity contribution in [3.8, 4) is 11.5 Å². The molecule has 0 aliphatic carbocycles. The fourth-order valence-corrected chi connectivity index (χ4v) is 4.12. The van der Waals surface area contributed by atoms with Crippen LogP contribution in [0.25, 0.3) is 22.6 Å². The van der Waals surface area contributed by atoms with Crippen molar-refractivity contribution in [3.63, 3.8) is 0 Å². The van der Waals surface area contributed by atoms with Crippen molar-refractivity contribution in [1.29, 1.82) is 0 Å². The number of halogens is 2. The summed E-state index contributed by atoms with van der Waals surface area (Å²) in [5.41, 5.74) is 4.63. The number of nitrogens with one attached hydrogen (secondary N) is 2. The molecule has 1 amide bonds. The van der Waals surface area contributed by atoms with Gasteiger partial charge in [-0.05, 0) is 78.7 Å². The zero-order valence-corrected chi connectivity index (χ0v) is 21.1. The van der Waals surface area contributed by atoms with Gasteiger partial charge in [-0.3, -0.25) is 10.1 Å². The van der Waals surface area contributed by atoms with Crippen molar-refractivity contribution in [2.75, 3.05) is 5.32 Å². The average molecular weight is 543 g/mol. The van der Waals surface area contributed by atoms with Gasteiger partial charge >= 0.3 is 0 Å². The highest BCUT2D eigenvalue weighted by molar-refractivity contribution is 9.10. The van der Waals surface area contributed by atoms with Gasteiger partial charge in [-0.2, -0.15) is 0 Å². The normalized spacial score (nSPS) is 11.9. The molecule has 0 saturated carbocycles. The summed E-state index contributed by atoms with van der Waals surface area (Å²) in [5, 5.41) is 6.18. The lowest BCUT2D eigenvalue weighted by Crippen LogP contribution is -2.34. The molecule has 1 heterocycles. The molecule has 4 aromatic rings. The van der Waals surface area contributed by atoms with Crippen LogP contribution in [-0.4, -0.2) is 16.0 Å². The fourth-order valence-electron chi connectivity index (χ4n) is 3.34. The van der Waals surface area contributed by atoms with E-state index in [9.17, 15) is 4.79 Å². The SMILES string of the molecule is CC[C@@H](C)c1ccc2oc(-c3cccc(NC(=S)NC(=O)c4cc(Br)ccc4Cl)c3)nc2c1. The quantitative estimate of drug-likeness (QED) is 0.255. The van der Waals surface area contributed by atoms with Gasteiger partial charge in [-0.15, -0.1) is 0 Å². The molecule has 4 rings (SSSR count). The minimum atomic E-state index is -0.397. The maximum atomic E-state index is 12.5. The number of fused-ring (bicyclic) bond motifs is 1. The van der Waals surface area contributed by atoms with Crippen LogP contribution in [0.2, 0.25) is 5.02 Å². The minimum Gasteiger partial charge on any atom is -0.436 e. The van der Waals surface area contributed by atoms with Crippen LogP contribution in [0.1, 0.15) is 42.1 Å². The minimum absolute atomic E-state index is 0.156. The van der Waals surface area contributed by atoms with E-state index in [1.807, 2.05) is 30.3 Å². The molecular formula is C25H21BrClN3O2S. The van der Waals surface area contributed by atoms with Gasteiger partial charge < -0.3 is 9.73 Å². The third-order valence-electron chi connectivity index (χ3n) is 5.36. The molecule has 0 spiro atoms. The maximum absolute atomic E-state index is 12.5. The highest BCUT2D eigenvalue weighted by Gasteiger charge is 2.14. The molecule has 0 saturated heterocycles. The molecule has 2 N–H and O–H groups in total. The van der Waals surface area contributed by atoms with Crippen LogP contribution in [0, 0.1) is 0 Å². The molecule has 0 unspecified atom stereocenters. The summed E-state index contributed by atoms with van der Waals surface area (Å²) in [4.78, 5) is 17.2. The van der Waals surface area contributed by atoms with E-state index in [1.54, 1.807) is 18.2 Å². The molecule has 1 atom stereocenters. The number of aromatic nitrogens is 1. The summed E-state index contributed by atoms with van der Waals surface area (Å²) in [6.45, 7) is 4.37. The summed E-state index contributed by atoms with van der Waals surface area (Å²) in [7, 11) is 0. The van der Waals surface area contributed by atoms with Crippen LogP contribution in [0.5, 0.6) is 0 Å². The van der Waals surface area contributed by atoms with Crippen LogP contribution < -0.4 is 10.6 Å². The Morgan fingerprint density at radius 1 is 1.18 bits per heavy atom. The van der Waals surface area contributed by atoms with Crippen LogP contribution in [0.4, 0.5) is 5.69 Å². The molecular weight excluding hydrogens is 522 g/mol. The first-order valence-corrected chi connectivity index (χ1v) is 12.0. The number of thiocarbonyl (C=S) groups is 1. The molecule has 5 nitrogen and oxygen atoms in total. The summed E-state index contributed by atoms with van der Waals surface area (Å²) in [6, 6.07) is 18.7. The van der Waals surface area contributed by atoms with Crippen LogP contribution >= 0.6 is 39.7 Å². The molecule has 33 heavy (non-hydrogen) atoms. The number of benzene rings is 3. The number of anilines is 1. The average Bonchev–Trinajstić information content (AvgIpc) is 3.23. The fraction of sp³-hybridized carbons (Fsp3) is 0.160. The Balaban J connectivity index is 1.50. The van der Waals surface area contributed by atoms with E-state index in [4.69, 9.17) is 28.2 Å². The summed E-state index contributed by atoms with van der Waals surface area (Å²) < 4.78 is 6.72. The number of oxazole rings is 1. The Morgan fingerprint density at radius 3 is 2.79 bits per heavy atom. The highest BCUT2D eigenvalue weighted by Crippen LogP contribution is 2.29. The van der Waals surface area contributed by atoms with E-state index < -0.39 is 5.91 Å². The number of rotatable bonds is 5. The van der Waals surface area contributed by atoms with Crippen molar-refractivity contribution in [2.45, 2.75) is 26.2 Å². The van der Waals surface area contributed by atoms with Gasteiger partial charge in [-0.1, -0.05) is 53.5 Å². The van der Waals surface area contributed by atoms with Crippen molar-refractivity contribution in [3.05, 3.63) is 81.3 Å². The molecule has 0 aliphatic rings. The first kappa shape index (κ1) is 23.4. The Labute approximate surface area is 210 Å². The number of hydrogen-bond donors (Lipinski definition) is 2. The zero-order valence-electron chi connectivity index (χ0n) is 18.0. The van der Waals surface area contributed by atoms with Crippen molar-refractivity contribution in [1.82, 2.24) is 10.3 Å². The first-order valence-electron chi connectivity index (χ1n) is 10.4.